The number of nitriles is 1. The number of rotatable bonds is 2. The molecule has 5 nitrogen and oxygen atoms in total. The van der Waals surface area contributed by atoms with Crippen LogP contribution in [0.15, 0.2) is 42.6 Å². The van der Waals surface area contributed by atoms with Crippen LogP contribution in [-0.4, -0.2) is 14.8 Å². The van der Waals surface area contributed by atoms with Crippen molar-refractivity contribution in [1.29, 1.82) is 5.26 Å². The number of aryl methyl sites for hydroxylation is 1. The first-order valence-corrected chi connectivity index (χ1v) is 6.96. The van der Waals surface area contributed by atoms with Crippen molar-refractivity contribution in [2.45, 2.75) is 6.92 Å². The highest BCUT2D eigenvalue weighted by atomic mass is 35.5. The van der Waals surface area contributed by atoms with E-state index in [2.05, 4.69) is 16.2 Å². The van der Waals surface area contributed by atoms with E-state index < -0.39 is 0 Å². The van der Waals surface area contributed by atoms with Gasteiger partial charge in [-0.2, -0.15) is 15.0 Å². The summed E-state index contributed by atoms with van der Waals surface area (Å²) in [4.78, 5) is 4.21. The van der Waals surface area contributed by atoms with Crippen LogP contribution in [0.25, 0.3) is 17.1 Å². The molecule has 3 aromatic rings. The minimum absolute atomic E-state index is 0.243. The van der Waals surface area contributed by atoms with Crippen LogP contribution in [0.1, 0.15) is 11.1 Å². The molecule has 3 rings (SSSR count). The summed E-state index contributed by atoms with van der Waals surface area (Å²) in [7, 11) is 0. The fourth-order valence-corrected chi connectivity index (χ4v) is 2.52. The van der Waals surface area contributed by atoms with Crippen molar-refractivity contribution in [3.05, 3.63) is 58.7 Å². The van der Waals surface area contributed by atoms with Gasteiger partial charge in [0.1, 0.15) is 23.1 Å². The van der Waals surface area contributed by atoms with Gasteiger partial charge in [0, 0.05) is 11.8 Å². The molecule has 0 aliphatic heterocycles. The molecule has 2 N–H and O–H groups in total. The maximum absolute atomic E-state index is 9.42. The van der Waals surface area contributed by atoms with Crippen LogP contribution in [0.3, 0.4) is 0 Å². The van der Waals surface area contributed by atoms with Crippen LogP contribution in [0.4, 0.5) is 5.82 Å². The summed E-state index contributed by atoms with van der Waals surface area (Å²) in [5.41, 5.74) is 8.50. The molecule has 0 atom stereocenters. The van der Waals surface area contributed by atoms with Crippen molar-refractivity contribution in [3.8, 4) is 23.1 Å². The quantitative estimate of drug-likeness (QED) is 0.787. The monoisotopic (exact) mass is 309 g/mol. The third-order valence-electron chi connectivity index (χ3n) is 3.28. The highest BCUT2D eigenvalue weighted by molar-refractivity contribution is 6.33. The van der Waals surface area contributed by atoms with Crippen molar-refractivity contribution < 1.29 is 0 Å². The summed E-state index contributed by atoms with van der Waals surface area (Å²) in [6.45, 7) is 1.95. The van der Waals surface area contributed by atoms with Gasteiger partial charge in [-0.15, -0.1) is 0 Å². The minimum atomic E-state index is 0.243. The van der Waals surface area contributed by atoms with E-state index in [0.29, 0.717) is 22.1 Å². The van der Waals surface area contributed by atoms with Crippen LogP contribution >= 0.6 is 11.6 Å². The second-order valence-electron chi connectivity index (χ2n) is 4.80. The number of nitrogens with zero attached hydrogens (tertiary/aromatic N) is 4. The first-order chi connectivity index (χ1) is 10.6. The molecule has 6 heteroatoms. The number of halogens is 1. The number of anilines is 1. The van der Waals surface area contributed by atoms with E-state index >= 15 is 0 Å². The largest absolute Gasteiger partial charge is 0.382 e. The molecule has 0 fully saturated rings. The average molecular weight is 310 g/mol. The molecule has 0 saturated carbocycles. The third kappa shape index (κ3) is 2.30. The van der Waals surface area contributed by atoms with Gasteiger partial charge in [-0.05, 0) is 30.7 Å². The molecule has 0 unspecified atom stereocenters. The second kappa shape index (κ2) is 5.51. The maximum Gasteiger partial charge on any atom is 0.155 e. The number of benzene rings is 1. The van der Waals surface area contributed by atoms with Crippen molar-refractivity contribution >= 4 is 17.4 Å². The maximum atomic E-state index is 9.42. The normalized spacial score (nSPS) is 10.4. The second-order valence-corrected chi connectivity index (χ2v) is 5.21. The fourth-order valence-electron chi connectivity index (χ4n) is 2.20. The average Bonchev–Trinajstić information content (AvgIpc) is 2.84. The zero-order valence-corrected chi connectivity index (χ0v) is 12.5. The lowest BCUT2D eigenvalue weighted by atomic mass is 10.1. The Bertz CT molecular complexity index is 878. The topological polar surface area (TPSA) is 80.5 Å². The molecular weight excluding hydrogens is 298 g/mol. The third-order valence-corrected chi connectivity index (χ3v) is 3.59. The van der Waals surface area contributed by atoms with Crippen LogP contribution in [0.2, 0.25) is 5.02 Å². The standard InChI is InChI=1S/C16H12ClN5/c1-10-5-6-11(13(17)8-10)15-12(9-18)16(19)22(21-15)14-4-2-3-7-20-14/h2-8H,19H2,1H3. The highest BCUT2D eigenvalue weighted by Crippen LogP contribution is 2.33. The number of hydrogen-bond acceptors (Lipinski definition) is 4. The van der Waals surface area contributed by atoms with Gasteiger partial charge in [-0.1, -0.05) is 29.8 Å². The predicted molar refractivity (Wildman–Crippen MR) is 85.7 cm³/mol. The zero-order chi connectivity index (χ0) is 15.7. The summed E-state index contributed by atoms with van der Waals surface area (Å²) >= 11 is 6.29. The molecule has 0 amide bonds. The van der Waals surface area contributed by atoms with Crippen molar-refractivity contribution in [3.63, 3.8) is 0 Å². The first-order valence-electron chi connectivity index (χ1n) is 6.58. The number of nitrogens with two attached hydrogens (primary N) is 1. The number of aromatic nitrogens is 3. The van der Waals surface area contributed by atoms with Crippen molar-refractivity contribution in [2.75, 3.05) is 5.73 Å². The van der Waals surface area contributed by atoms with E-state index in [9.17, 15) is 5.26 Å². The molecule has 0 radical (unpaired) electrons. The van der Waals surface area contributed by atoms with E-state index in [0.717, 1.165) is 5.56 Å². The Morgan fingerprint density at radius 3 is 2.73 bits per heavy atom. The van der Waals surface area contributed by atoms with E-state index in [4.69, 9.17) is 17.3 Å². The van der Waals surface area contributed by atoms with E-state index in [1.807, 2.05) is 31.2 Å². The van der Waals surface area contributed by atoms with Crippen molar-refractivity contribution in [2.24, 2.45) is 0 Å². The highest BCUT2D eigenvalue weighted by Gasteiger charge is 2.20. The lowest BCUT2D eigenvalue weighted by Gasteiger charge is -2.02. The fraction of sp³-hybridized carbons (Fsp3) is 0.0625. The molecule has 0 aliphatic rings. The van der Waals surface area contributed by atoms with Gasteiger partial charge in [0.25, 0.3) is 0 Å². The smallest absolute Gasteiger partial charge is 0.155 e. The Morgan fingerprint density at radius 2 is 2.09 bits per heavy atom. The minimum Gasteiger partial charge on any atom is -0.382 e. The van der Waals surface area contributed by atoms with Crippen LogP contribution in [0, 0.1) is 18.3 Å². The summed E-state index contributed by atoms with van der Waals surface area (Å²) in [5.74, 6) is 0.791. The molecule has 0 saturated heterocycles. The molecule has 0 bridgehead atoms. The molecule has 108 valence electrons. The van der Waals surface area contributed by atoms with Gasteiger partial charge in [0.15, 0.2) is 5.82 Å². The summed E-state index contributed by atoms with van der Waals surface area (Å²) in [6.07, 6.45) is 1.64. The van der Waals surface area contributed by atoms with Crippen molar-refractivity contribution in [1.82, 2.24) is 14.8 Å². The van der Waals surface area contributed by atoms with Gasteiger partial charge < -0.3 is 5.73 Å². The summed E-state index contributed by atoms with van der Waals surface area (Å²) in [6, 6.07) is 13.1. The number of pyridine rings is 1. The molecule has 2 aromatic heterocycles. The molecule has 22 heavy (non-hydrogen) atoms. The Morgan fingerprint density at radius 1 is 1.27 bits per heavy atom. The number of nitrogen functional groups attached to an aromatic ring is 1. The molecular formula is C16H12ClN5. The Hall–Kier alpha value is -2.84. The van der Waals surface area contributed by atoms with E-state index in [1.54, 1.807) is 18.3 Å². The Kier molecular flexibility index (Phi) is 3.53. The van der Waals surface area contributed by atoms with Gasteiger partial charge in [0.2, 0.25) is 0 Å². The molecule has 0 spiro atoms. The predicted octanol–water partition coefficient (Wildman–Crippen LogP) is 3.35. The van der Waals surface area contributed by atoms with Gasteiger partial charge in [-0.3, -0.25) is 0 Å². The van der Waals surface area contributed by atoms with Gasteiger partial charge in [-0.25, -0.2) is 4.98 Å². The lowest BCUT2D eigenvalue weighted by Crippen LogP contribution is -2.03. The van der Waals surface area contributed by atoms with Gasteiger partial charge >= 0.3 is 0 Å². The SMILES string of the molecule is Cc1ccc(-c2nn(-c3ccccn3)c(N)c2C#N)c(Cl)c1. The zero-order valence-electron chi connectivity index (χ0n) is 11.8. The van der Waals surface area contributed by atoms with Gasteiger partial charge in [0.05, 0.1) is 5.02 Å². The Balaban J connectivity index is 2.24. The molecule has 1 aromatic carbocycles. The van der Waals surface area contributed by atoms with Crippen LogP contribution in [0.5, 0.6) is 0 Å². The van der Waals surface area contributed by atoms with E-state index in [-0.39, 0.29) is 11.4 Å². The molecule has 2 heterocycles. The first kappa shape index (κ1) is 14.1. The summed E-state index contributed by atoms with van der Waals surface area (Å²) < 4.78 is 1.45. The lowest BCUT2D eigenvalue weighted by molar-refractivity contribution is 0.860. The van der Waals surface area contributed by atoms with Crippen LogP contribution in [-0.2, 0) is 0 Å². The number of hydrogen-bond donors (Lipinski definition) is 1. The molecule has 0 aliphatic carbocycles. The van der Waals surface area contributed by atoms with E-state index in [1.165, 1.54) is 4.68 Å². The Labute approximate surface area is 132 Å². The summed E-state index contributed by atoms with van der Waals surface area (Å²) in [5, 5.41) is 14.4. The van der Waals surface area contributed by atoms with Crippen LogP contribution < -0.4 is 5.73 Å².